The van der Waals surface area contributed by atoms with Crippen molar-refractivity contribution in [2.75, 3.05) is 6.54 Å². The van der Waals surface area contributed by atoms with Crippen LogP contribution in [0, 0.1) is 12.3 Å². The highest BCUT2D eigenvalue weighted by Crippen LogP contribution is 2.30. The molecule has 0 aromatic heterocycles. The Balaban J connectivity index is 2.76. The summed E-state index contributed by atoms with van der Waals surface area (Å²) in [5.41, 5.74) is -0.993. The molecule has 0 radical (unpaired) electrons. The molecule has 0 saturated heterocycles. The Kier molecular flexibility index (Phi) is 5.60. The standard InChI is InChI=1S/C13H14F3NO2S/c1-2-3-4-5-9-17-20(18,19)12-8-6-7-11(10-12)13(14,15)16/h1,6-8,10,17H,3-5,9H2. The van der Waals surface area contributed by atoms with E-state index < -0.39 is 26.7 Å². The average molecular weight is 305 g/mol. The molecule has 0 bridgehead atoms. The molecule has 7 heteroatoms. The lowest BCUT2D eigenvalue weighted by molar-refractivity contribution is -0.137. The molecule has 1 rings (SSSR count). The number of alkyl halides is 3. The van der Waals surface area contributed by atoms with Crippen molar-refractivity contribution in [1.82, 2.24) is 4.72 Å². The fraction of sp³-hybridized carbons (Fsp3) is 0.385. The number of unbranched alkanes of at least 4 members (excludes halogenated alkanes) is 2. The van der Waals surface area contributed by atoms with Gasteiger partial charge in [-0.25, -0.2) is 13.1 Å². The number of benzene rings is 1. The average Bonchev–Trinajstić information content (AvgIpc) is 2.37. The molecule has 1 aromatic carbocycles. The Morgan fingerprint density at radius 1 is 1.25 bits per heavy atom. The Labute approximate surface area is 116 Å². The van der Waals surface area contributed by atoms with E-state index in [1.807, 2.05) is 0 Å². The zero-order valence-corrected chi connectivity index (χ0v) is 11.4. The number of hydrogen-bond acceptors (Lipinski definition) is 2. The number of rotatable bonds is 6. The molecular formula is C13H14F3NO2S. The SMILES string of the molecule is C#CCCCCNS(=O)(=O)c1cccc(C(F)(F)F)c1. The monoisotopic (exact) mass is 305 g/mol. The molecule has 0 fully saturated rings. The van der Waals surface area contributed by atoms with Crippen molar-refractivity contribution in [3.05, 3.63) is 29.8 Å². The lowest BCUT2D eigenvalue weighted by atomic mass is 10.2. The molecule has 0 heterocycles. The van der Waals surface area contributed by atoms with Gasteiger partial charge in [0.15, 0.2) is 0 Å². The van der Waals surface area contributed by atoms with Crippen molar-refractivity contribution in [3.8, 4) is 12.3 Å². The smallest absolute Gasteiger partial charge is 0.211 e. The second-order valence-corrected chi connectivity index (χ2v) is 5.85. The molecule has 0 amide bonds. The van der Waals surface area contributed by atoms with Crippen LogP contribution in [0.2, 0.25) is 0 Å². The first-order valence-electron chi connectivity index (χ1n) is 5.88. The fourth-order valence-corrected chi connectivity index (χ4v) is 2.60. The van der Waals surface area contributed by atoms with Crippen molar-refractivity contribution >= 4 is 10.0 Å². The van der Waals surface area contributed by atoms with Gasteiger partial charge < -0.3 is 0 Å². The summed E-state index contributed by atoms with van der Waals surface area (Å²) in [5, 5.41) is 0. The van der Waals surface area contributed by atoms with E-state index in [9.17, 15) is 21.6 Å². The Morgan fingerprint density at radius 2 is 1.95 bits per heavy atom. The lowest BCUT2D eigenvalue weighted by Crippen LogP contribution is -2.25. The van der Waals surface area contributed by atoms with E-state index in [4.69, 9.17) is 6.42 Å². The van der Waals surface area contributed by atoms with Gasteiger partial charge in [-0.15, -0.1) is 12.3 Å². The minimum Gasteiger partial charge on any atom is -0.211 e. The van der Waals surface area contributed by atoms with Crippen LogP contribution in [0.25, 0.3) is 0 Å². The second kappa shape index (κ2) is 6.77. The van der Waals surface area contributed by atoms with Crippen molar-refractivity contribution < 1.29 is 21.6 Å². The summed E-state index contributed by atoms with van der Waals surface area (Å²) in [6, 6.07) is 3.63. The molecule has 110 valence electrons. The zero-order valence-electron chi connectivity index (χ0n) is 10.6. The third-order valence-electron chi connectivity index (χ3n) is 2.51. The molecule has 0 aliphatic heterocycles. The summed E-state index contributed by atoms with van der Waals surface area (Å²) in [7, 11) is -3.93. The maximum absolute atomic E-state index is 12.5. The topological polar surface area (TPSA) is 46.2 Å². The third kappa shape index (κ3) is 4.87. The predicted octanol–water partition coefficient (Wildman–Crippen LogP) is 2.79. The Morgan fingerprint density at radius 3 is 2.55 bits per heavy atom. The maximum atomic E-state index is 12.5. The number of halogens is 3. The zero-order chi connectivity index (χ0) is 15.2. The highest BCUT2D eigenvalue weighted by atomic mass is 32.2. The van der Waals surface area contributed by atoms with E-state index in [2.05, 4.69) is 10.6 Å². The third-order valence-corrected chi connectivity index (χ3v) is 3.97. The summed E-state index contributed by atoms with van der Waals surface area (Å²) in [6.07, 6.45) is 2.20. The largest absolute Gasteiger partial charge is 0.416 e. The molecule has 0 unspecified atom stereocenters. The van der Waals surface area contributed by atoms with Gasteiger partial charge in [-0.3, -0.25) is 0 Å². The van der Waals surface area contributed by atoms with Gasteiger partial charge in [0.2, 0.25) is 10.0 Å². The molecule has 0 atom stereocenters. The molecule has 0 saturated carbocycles. The van der Waals surface area contributed by atoms with E-state index in [1.54, 1.807) is 0 Å². The minimum absolute atomic E-state index is 0.139. The highest BCUT2D eigenvalue weighted by molar-refractivity contribution is 7.89. The minimum atomic E-state index is -4.57. The van der Waals surface area contributed by atoms with Gasteiger partial charge >= 0.3 is 6.18 Å². The number of sulfonamides is 1. The molecule has 0 spiro atoms. The first-order chi connectivity index (χ1) is 9.27. The van der Waals surface area contributed by atoms with Crippen LogP contribution in [0.4, 0.5) is 13.2 Å². The first-order valence-corrected chi connectivity index (χ1v) is 7.36. The van der Waals surface area contributed by atoms with Crippen LogP contribution in [0.15, 0.2) is 29.2 Å². The summed E-state index contributed by atoms with van der Waals surface area (Å²) in [4.78, 5) is -0.399. The second-order valence-electron chi connectivity index (χ2n) is 4.08. The molecule has 1 N–H and O–H groups in total. The van der Waals surface area contributed by atoms with E-state index in [1.165, 1.54) is 0 Å². The van der Waals surface area contributed by atoms with Crippen LogP contribution in [0.5, 0.6) is 0 Å². The maximum Gasteiger partial charge on any atom is 0.416 e. The van der Waals surface area contributed by atoms with Crippen molar-refractivity contribution in [2.24, 2.45) is 0 Å². The summed E-state index contributed by atoms with van der Waals surface area (Å²) >= 11 is 0. The lowest BCUT2D eigenvalue weighted by Gasteiger charge is -2.10. The number of hydrogen-bond donors (Lipinski definition) is 1. The highest BCUT2D eigenvalue weighted by Gasteiger charge is 2.31. The van der Waals surface area contributed by atoms with E-state index in [0.717, 1.165) is 18.2 Å². The number of terminal acetylenes is 1. The van der Waals surface area contributed by atoms with Gasteiger partial charge in [0.05, 0.1) is 10.5 Å². The van der Waals surface area contributed by atoms with Crippen LogP contribution in [-0.4, -0.2) is 15.0 Å². The molecule has 0 aliphatic carbocycles. The van der Waals surface area contributed by atoms with Crippen LogP contribution < -0.4 is 4.72 Å². The van der Waals surface area contributed by atoms with Crippen molar-refractivity contribution in [2.45, 2.75) is 30.3 Å². The van der Waals surface area contributed by atoms with Gasteiger partial charge in [0.25, 0.3) is 0 Å². The normalized spacial score (nSPS) is 12.1. The van der Waals surface area contributed by atoms with Gasteiger partial charge in [0.1, 0.15) is 0 Å². The van der Waals surface area contributed by atoms with Crippen LogP contribution in [-0.2, 0) is 16.2 Å². The quantitative estimate of drug-likeness (QED) is 0.649. The van der Waals surface area contributed by atoms with E-state index >= 15 is 0 Å². The van der Waals surface area contributed by atoms with Crippen LogP contribution in [0.3, 0.4) is 0 Å². The van der Waals surface area contributed by atoms with Gasteiger partial charge in [-0.05, 0) is 31.0 Å². The van der Waals surface area contributed by atoms with E-state index in [-0.39, 0.29) is 6.54 Å². The molecule has 3 nitrogen and oxygen atoms in total. The summed E-state index contributed by atoms with van der Waals surface area (Å²) in [6.45, 7) is 0.139. The van der Waals surface area contributed by atoms with Crippen molar-refractivity contribution in [3.63, 3.8) is 0 Å². The van der Waals surface area contributed by atoms with Crippen LogP contribution in [0.1, 0.15) is 24.8 Å². The van der Waals surface area contributed by atoms with Crippen molar-refractivity contribution in [1.29, 1.82) is 0 Å². The Bertz CT molecular complexity index is 588. The fourth-order valence-electron chi connectivity index (χ4n) is 1.48. The molecule has 1 aromatic rings. The van der Waals surface area contributed by atoms with Gasteiger partial charge in [-0.1, -0.05) is 6.07 Å². The summed E-state index contributed by atoms with van der Waals surface area (Å²) < 4.78 is 63.4. The Hall–Kier alpha value is -1.52. The first kappa shape index (κ1) is 16.5. The van der Waals surface area contributed by atoms with E-state index in [0.29, 0.717) is 25.3 Å². The molecule has 0 aliphatic rings. The van der Waals surface area contributed by atoms with Gasteiger partial charge in [0, 0.05) is 13.0 Å². The van der Waals surface area contributed by atoms with Gasteiger partial charge in [-0.2, -0.15) is 13.2 Å². The number of nitrogens with one attached hydrogen (secondary N) is 1. The predicted molar refractivity (Wildman–Crippen MR) is 69.3 cm³/mol. The molecule has 20 heavy (non-hydrogen) atoms. The summed E-state index contributed by atoms with van der Waals surface area (Å²) in [5.74, 6) is 2.42. The molecular weight excluding hydrogens is 291 g/mol. The van der Waals surface area contributed by atoms with Crippen LogP contribution >= 0.6 is 0 Å².